The number of piperidine rings is 2. The highest BCUT2D eigenvalue weighted by Gasteiger charge is 2.38. The molecule has 0 aromatic heterocycles. The molecule has 6 nitrogen and oxygen atoms in total. The van der Waals surface area contributed by atoms with E-state index in [2.05, 4.69) is 10.2 Å². The van der Waals surface area contributed by atoms with Gasteiger partial charge >= 0.3 is 0 Å². The number of benzene rings is 1. The van der Waals surface area contributed by atoms with Crippen molar-refractivity contribution in [1.29, 1.82) is 0 Å². The monoisotopic (exact) mass is 411 g/mol. The number of hydrogen-bond donors (Lipinski definition) is 1. The molecule has 1 aromatic carbocycles. The van der Waals surface area contributed by atoms with E-state index in [9.17, 15) is 14.4 Å². The fraction of sp³-hybridized carbons (Fsp3) is 0.625. The molecule has 0 saturated carbocycles. The van der Waals surface area contributed by atoms with Gasteiger partial charge in [-0.2, -0.15) is 0 Å². The number of carbonyl (C=O) groups excluding carboxylic acids is 3. The Labute approximate surface area is 179 Å². The van der Waals surface area contributed by atoms with E-state index in [1.807, 2.05) is 43.0 Å². The van der Waals surface area contributed by atoms with Crippen LogP contribution in [0.2, 0.25) is 0 Å². The molecule has 0 radical (unpaired) electrons. The molecular weight excluding hydrogens is 378 g/mol. The van der Waals surface area contributed by atoms with Crippen LogP contribution in [0.15, 0.2) is 24.3 Å². The number of carbonyl (C=O) groups is 3. The number of fused-ring (bicyclic) bond motifs is 1. The van der Waals surface area contributed by atoms with E-state index in [4.69, 9.17) is 0 Å². The zero-order valence-electron chi connectivity index (χ0n) is 18.1. The number of hydrogen-bond acceptors (Lipinski definition) is 4. The maximum absolute atomic E-state index is 13.1. The van der Waals surface area contributed by atoms with Crippen molar-refractivity contribution in [2.75, 3.05) is 26.2 Å². The summed E-state index contributed by atoms with van der Waals surface area (Å²) in [5.74, 6) is 0.209. The van der Waals surface area contributed by atoms with Gasteiger partial charge in [0.1, 0.15) is 0 Å². The molecular formula is C24H33N3O3. The van der Waals surface area contributed by atoms with Crippen LogP contribution in [-0.2, 0) is 9.59 Å². The third kappa shape index (κ3) is 4.29. The Kier molecular flexibility index (Phi) is 6.23. The van der Waals surface area contributed by atoms with Crippen LogP contribution in [0.5, 0.6) is 0 Å². The van der Waals surface area contributed by atoms with Gasteiger partial charge in [-0.1, -0.05) is 24.3 Å². The lowest BCUT2D eigenvalue weighted by molar-refractivity contribution is -0.134. The average molecular weight is 412 g/mol. The lowest BCUT2D eigenvalue weighted by Crippen LogP contribution is -2.51. The summed E-state index contributed by atoms with van der Waals surface area (Å²) in [6, 6.07) is 8.22. The summed E-state index contributed by atoms with van der Waals surface area (Å²) in [5.41, 5.74) is 1.62. The minimum absolute atomic E-state index is 0.0863. The summed E-state index contributed by atoms with van der Waals surface area (Å²) < 4.78 is 0. The Balaban J connectivity index is 1.27. The molecule has 0 unspecified atom stereocenters. The van der Waals surface area contributed by atoms with Gasteiger partial charge in [-0.05, 0) is 58.2 Å². The number of nitrogens with zero attached hydrogens (tertiary/aromatic N) is 2. The number of nitrogens with one attached hydrogen (secondary N) is 1. The summed E-state index contributed by atoms with van der Waals surface area (Å²) in [4.78, 5) is 42.1. The normalized spacial score (nSPS) is 23.6. The van der Waals surface area contributed by atoms with Gasteiger partial charge in [0.25, 0.3) is 0 Å². The molecule has 2 aliphatic heterocycles. The molecule has 2 saturated heterocycles. The van der Waals surface area contributed by atoms with Gasteiger partial charge in [0, 0.05) is 43.1 Å². The highest BCUT2D eigenvalue weighted by molar-refractivity contribution is 6.06. The lowest BCUT2D eigenvalue weighted by atomic mass is 9.92. The summed E-state index contributed by atoms with van der Waals surface area (Å²) in [6.45, 7) is 7.43. The van der Waals surface area contributed by atoms with E-state index in [0.717, 1.165) is 63.0 Å². The first-order valence-electron chi connectivity index (χ1n) is 11.4. The smallest absolute Gasteiger partial charge is 0.230 e. The topological polar surface area (TPSA) is 69.7 Å². The van der Waals surface area contributed by atoms with E-state index >= 15 is 0 Å². The number of ketones is 1. The van der Waals surface area contributed by atoms with Gasteiger partial charge in [-0.25, -0.2) is 0 Å². The summed E-state index contributed by atoms with van der Waals surface area (Å²) in [5, 5.41) is 3.04. The predicted molar refractivity (Wildman–Crippen MR) is 115 cm³/mol. The highest BCUT2D eigenvalue weighted by atomic mass is 16.2. The lowest BCUT2D eigenvalue weighted by Gasteiger charge is -2.42. The van der Waals surface area contributed by atoms with Crippen molar-refractivity contribution >= 4 is 17.6 Å². The molecule has 2 heterocycles. The van der Waals surface area contributed by atoms with Gasteiger partial charge in [0.05, 0.1) is 5.92 Å². The molecule has 1 atom stereocenters. The maximum Gasteiger partial charge on any atom is 0.230 e. The maximum atomic E-state index is 13.1. The second-order valence-electron chi connectivity index (χ2n) is 9.30. The Morgan fingerprint density at radius 1 is 1.00 bits per heavy atom. The van der Waals surface area contributed by atoms with Gasteiger partial charge < -0.3 is 15.1 Å². The molecule has 30 heavy (non-hydrogen) atoms. The molecule has 0 bridgehead atoms. The Hall–Kier alpha value is -2.21. The molecule has 3 aliphatic rings. The van der Waals surface area contributed by atoms with Crippen molar-refractivity contribution in [2.45, 2.75) is 64.0 Å². The second kappa shape index (κ2) is 8.88. The van der Waals surface area contributed by atoms with Crippen LogP contribution in [0, 0.1) is 5.92 Å². The zero-order chi connectivity index (χ0) is 21.3. The summed E-state index contributed by atoms with van der Waals surface area (Å²) in [6.07, 6.45) is 4.08. The first-order chi connectivity index (χ1) is 14.4. The largest absolute Gasteiger partial charge is 0.354 e. The van der Waals surface area contributed by atoms with Gasteiger partial charge in [0.15, 0.2) is 5.78 Å². The Morgan fingerprint density at radius 3 is 2.33 bits per heavy atom. The molecule has 2 amide bonds. The summed E-state index contributed by atoms with van der Waals surface area (Å²) in [7, 11) is 0. The predicted octanol–water partition coefficient (Wildman–Crippen LogP) is 2.58. The SMILES string of the molecule is CC(C)NC(=O)C1CCN(C2CCN(C(=O)[C@@H]3CC(=O)c4ccccc43)CC2)CC1. The molecule has 1 aliphatic carbocycles. The number of likely N-dealkylation sites (tertiary alicyclic amines) is 2. The van der Waals surface area contributed by atoms with Crippen molar-refractivity contribution in [3.63, 3.8) is 0 Å². The van der Waals surface area contributed by atoms with E-state index in [0.29, 0.717) is 12.5 Å². The number of amides is 2. The number of rotatable bonds is 4. The highest BCUT2D eigenvalue weighted by Crippen LogP contribution is 2.35. The van der Waals surface area contributed by atoms with Crippen molar-refractivity contribution in [1.82, 2.24) is 15.1 Å². The third-order valence-electron chi connectivity index (χ3n) is 6.95. The molecule has 1 N–H and O–H groups in total. The van der Waals surface area contributed by atoms with Crippen LogP contribution in [0.4, 0.5) is 0 Å². The van der Waals surface area contributed by atoms with Gasteiger partial charge in [-0.3, -0.25) is 14.4 Å². The third-order valence-corrected chi connectivity index (χ3v) is 6.95. The molecule has 0 spiro atoms. The first-order valence-corrected chi connectivity index (χ1v) is 11.4. The van der Waals surface area contributed by atoms with Crippen molar-refractivity contribution < 1.29 is 14.4 Å². The van der Waals surface area contributed by atoms with Crippen molar-refractivity contribution in [3.8, 4) is 0 Å². The number of Topliss-reactive ketones (excluding diaryl/α,β-unsaturated/α-hetero) is 1. The fourth-order valence-corrected chi connectivity index (χ4v) is 5.28. The molecule has 4 rings (SSSR count). The van der Waals surface area contributed by atoms with Crippen molar-refractivity contribution in [3.05, 3.63) is 35.4 Å². The van der Waals surface area contributed by atoms with Gasteiger partial charge in [0.2, 0.25) is 11.8 Å². The molecule has 6 heteroatoms. The van der Waals surface area contributed by atoms with E-state index < -0.39 is 0 Å². The van der Waals surface area contributed by atoms with Crippen LogP contribution < -0.4 is 5.32 Å². The van der Waals surface area contributed by atoms with Crippen LogP contribution >= 0.6 is 0 Å². The molecule has 162 valence electrons. The Morgan fingerprint density at radius 2 is 1.67 bits per heavy atom. The first kappa shape index (κ1) is 21.0. The minimum Gasteiger partial charge on any atom is -0.354 e. The minimum atomic E-state index is -0.305. The average Bonchev–Trinajstić information content (AvgIpc) is 3.10. The molecule has 1 aromatic rings. The summed E-state index contributed by atoms with van der Waals surface area (Å²) >= 11 is 0. The van der Waals surface area contributed by atoms with Crippen LogP contribution in [-0.4, -0.2) is 65.7 Å². The van der Waals surface area contributed by atoms with E-state index in [-0.39, 0.29) is 35.5 Å². The fourth-order valence-electron chi connectivity index (χ4n) is 5.28. The van der Waals surface area contributed by atoms with Gasteiger partial charge in [-0.15, -0.1) is 0 Å². The quantitative estimate of drug-likeness (QED) is 0.827. The zero-order valence-corrected chi connectivity index (χ0v) is 18.1. The van der Waals surface area contributed by atoms with Crippen LogP contribution in [0.1, 0.15) is 67.8 Å². The Bertz CT molecular complexity index is 806. The van der Waals surface area contributed by atoms with Crippen molar-refractivity contribution in [2.24, 2.45) is 5.92 Å². The van der Waals surface area contributed by atoms with Crippen LogP contribution in [0.25, 0.3) is 0 Å². The standard InChI is InChI=1S/C24H33N3O3/c1-16(2)25-23(29)17-7-11-26(12-8-17)18-9-13-27(14-10-18)24(30)21-15-22(28)20-6-4-3-5-19(20)21/h3-6,16-18,21H,7-15H2,1-2H3,(H,25,29)/t21-/m1/s1. The van der Waals surface area contributed by atoms with E-state index in [1.165, 1.54) is 0 Å². The molecule has 2 fully saturated rings. The van der Waals surface area contributed by atoms with E-state index in [1.54, 1.807) is 0 Å². The van der Waals surface area contributed by atoms with Crippen LogP contribution in [0.3, 0.4) is 0 Å². The second-order valence-corrected chi connectivity index (χ2v) is 9.30.